The molecular formula is C25H32N4O. The molecule has 3 rings (SSSR count). The van der Waals surface area contributed by atoms with Gasteiger partial charge in [0.05, 0.1) is 0 Å². The molecule has 1 heterocycles. The first-order valence-corrected chi connectivity index (χ1v) is 10.7. The average molecular weight is 405 g/mol. The van der Waals surface area contributed by atoms with Gasteiger partial charge in [-0.1, -0.05) is 26.0 Å². The van der Waals surface area contributed by atoms with Crippen molar-refractivity contribution in [1.29, 1.82) is 0 Å². The first-order valence-electron chi connectivity index (χ1n) is 10.7. The minimum atomic E-state index is -0.100. The van der Waals surface area contributed by atoms with Crippen LogP contribution >= 0.6 is 0 Å². The van der Waals surface area contributed by atoms with E-state index in [1.54, 1.807) is 0 Å². The highest BCUT2D eigenvalue weighted by molar-refractivity contribution is 6.04. The summed E-state index contributed by atoms with van der Waals surface area (Å²) in [5.74, 6) is 1.33. The van der Waals surface area contributed by atoms with Gasteiger partial charge < -0.3 is 14.8 Å². The number of imidazole rings is 1. The van der Waals surface area contributed by atoms with Gasteiger partial charge in [-0.2, -0.15) is 0 Å². The maximum atomic E-state index is 12.7. The zero-order valence-corrected chi connectivity index (χ0v) is 18.6. The van der Waals surface area contributed by atoms with E-state index in [9.17, 15) is 4.79 Å². The van der Waals surface area contributed by atoms with Gasteiger partial charge in [-0.05, 0) is 62.7 Å². The molecule has 1 aromatic heterocycles. The molecule has 0 aliphatic heterocycles. The van der Waals surface area contributed by atoms with E-state index in [0.29, 0.717) is 17.5 Å². The van der Waals surface area contributed by atoms with Crippen LogP contribution in [0.1, 0.15) is 62.3 Å². The van der Waals surface area contributed by atoms with Crippen LogP contribution in [0, 0.1) is 0 Å². The predicted molar refractivity (Wildman–Crippen MR) is 124 cm³/mol. The van der Waals surface area contributed by atoms with Crippen molar-refractivity contribution in [3.8, 4) is 0 Å². The van der Waals surface area contributed by atoms with Crippen molar-refractivity contribution in [2.45, 2.75) is 53.1 Å². The second-order valence-electron chi connectivity index (χ2n) is 8.15. The van der Waals surface area contributed by atoms with E-state index in [-0.39, 0.29) is 5.91 Å². The summed E-state index contributed by atoms with van der Waals surface area (Å²) in [6.45, 7) is 12.4. The maximum Gasteiger partial charge on any atom is 0.255 e. The van der Waals surface area contributed by atoms with Crippen molar-refractivity contribution in [3.63, 3.8) is 0 Å². The Morgan fingerprint density at radius 3 is 2.47 bits per heavy atom. The van der Waals surface area contributed by atoms with Crippen LogP contribution in [0.3, 0.4) is 0 Å². The lowest BCUT2D eigenvalue weighted by atomic mass is 10.1. The highest BCUT2D eigenvalue weighted by atomic mass is 16.1. The highest BCUT2D eigenvalue weighted by Crippen LogP contribution is 2.20. The van der Waals surface area contributed by atoms with Crippen LogP contribution in [0.15, 0.2) is 60.9 Å². The van der Waals surface area contributed by atoms with Crippen molar-refractivity contribution < 1.29 is 4.79 Å². The summed E-state index contributed by atoms with van der Waals surface area (Å²) < 4.78 is 2.15. The number of nitrogens with one attached hydrogen (secondary N) is 1. The summed E-state index contributed by atoms with van der Waals surface area (Å²) in [7, 11) is 0. The Hall–Kier alpha value is -3.08. The average Bonchev–Trinajstić information content (AvgIpc) is 3.17. The van der Waals surface area contributed by atoms with Crippen molar-refractivity contribution in [2.75, 3.05) is 16.8 Å². The second kappa shape index (κ2) is 9.61. The van der Waals surface area contributed by atoms with E-state index in [1.807, 2.05) is 54.9 Å². The fourth-order valence-corrected chi connectivity index (χ4v) is 3.75. The van der Waals surface area contributed by atoms with Crippen LogP contribution in [0.4, 0.5) is 11.4 Å². The monoisotopic (exact) mass is 404 g/mol. The number of hydrogen-bond acceptors (Lipinski definition) is 3. The number of nitrogens with zero attached hydrogens (tertiary/aromatic N) is 3. The van der Waals surface area contributed by atoms with Gasteiger partial charge in [0.15, 0.2) is 0 Å². The smallest absolute Gasteiger partial charge is 0.255 e. The number of hydrogen-bond donors (Lipinski definition) is 1. The lowest BCUT2D eigenvalue weighted by molar-refractivity contribution is 0.102. The van der Waals surface area contributed by atoms with Crippen molar-refractivity contribution >= 4 is 17.3 Å². The number of carbonyl (C=O) groups is 1. The third kappa shape index (κ3) is 5.09. The molecular weight excluding hydrogens is 372 g/mol. The Balaban J connectivity index is 1.70. The maximum absolute atomic E-state index is 12.7. The van der Waals surface area contributed by atoms with E-state index in [2.05, 4.69) is 60.5 Å². The molecule has 0 atom stereocenters. The third-order valence-electron chi connectivity index (χ3n) is 5.23. The summed E-state index contributed by atoms with van der Waals surface area (Å²) in [5.41, 5.74) is 3.71. The molecule has 0 saturated carbocycles. The number of anilines is 2. The summed E-state index contributed by atoms with van der Waals surface area (Å²) in [4.78, 5) is 19.5. The Labute approximate surface area is 179 Å². The molecule has 158 valence electrons. The molecule has 0 spiro atoms. The predicted octanol–water partition coefficient (Wildman–Crippen LogP) is 5.54. The Morgan fingerprint density at radius 1 is 1.10 bits per heavy atom. The standard InChI is InChI=1S/C25H32N4O/c1-6-29(19(4)5)23-12-10-21(11-13-23)25(30)27-22-9-7-8-20(16-22)17-28-15-14-26-24(28)18(2)3/h7-16,18-19H,6,17H2,1-5H3,(H,27,30). The van der Waals surface area contributed by atoms with Crippen molar-refractivity contribution in [1.82, 2.24) is 9.55 Å². The van der Waals surface area contributed by atoms with Crippen LogP contribution in [0.2, 0.25) is 0 Å². The summed E-state index contributed by atoms with van der Waals surface area (Å²) >= 11 is 0. The number of amides is 1. The van der Waals surface area contributed by atoms with Gasteiger partial charge in [-0.3, -0.25) is 4.79 Å². The van der Waals surface area contributed by atoms with Crippen LogP contribution < -0.4 is 10.2 Å². The van der Waals surface area contributed by atoms with Gasteiger partial charge in [-0.25, -0.2) is 4.98 Å². The summed E-state index contributed by atoms with van der Waals surface area (Å²) in [5, 5.41) is 3.02. The topological polar surface area (TPSA) is 50.2 Å². The molecule has 0 radical (unpaired) electrons. The molecule has 5 heteroatoms. The van der Waals surface area contributed by atoms with E-state index < -0.39 is 0 Å². The lowest BCUT2D eigenvalue weighted by Crippen LogP contribution is -2.30. The molecule has 2 aromatic carbocycles. The Bertz CT molecular complexity index is 973. The molecule has 0 bridgehead atoms. The summed E-state index contributed by atoms with van der Waals surface area (Å²) in [6.07, 6.45) is 3.84. The highest BCUT2D eigenvalue weighted by Gasteiger charge is 2.12. The Kier molecular flexibility index (Phi) is 6.93. The van der Waals surface area contributed by atoms with Crippen LogP contribution in [0.5, 0.6) is 0 Å². The van der Waals surface area contributed by atoms with Gasteiger partial charge in [0.25, 0.3) is 5.91 Å². The molecule has 0 saturated heterocycles. The summed E-state index contributed by atoms with van der Waals surface area (Å²) in [6, 6.07) is 16.2. The zero-order chi connectivity index (χ0) is 21.7. The minimum Gasteiger partial charge on any atom is -0.369 e. The fraction of sp³-hybridized carbons (Fsp3) is 0.360. The number of carbonyl (C=O) groups excluding carboxylic acids is 1. The van der Waals surface area contributed by atoms with E-state index >= 15 is 0 Å². The molecule has 1 N–H and O–H groups in total. The minimum absolute atomic E-state index is 0.100. The van der Waals surface area contributed by atoms with Crippen molar-refractivity contribution in [2.24, 2.45) is 0 Å². The normalized spacial score (nSPS) is 11.2. The first-order chi connectivity index (χ1) is 14.4. The third-order valence-corrected chi connectivity index (χ3v) is 5.23. The van der Waals surface area contributed by atoms with Gasteiger partial charge in [0.2, 0.25) is 0 Å². The lowest BCUT2D eigenvalue weighted by Gasteiger charge is -2.27. The fourth-order valence-electron chi connectivity index (χ4n) is 3.75. The second-order valence-corrected chi connectivity index (χ2v) is 8.15. The molecule has 5 nitrogen and oxygen atoms in total. The quantitative estimate of drug-likeness (QED) is 0.536. The molecule has 0 unspecified atom stereocenters. The van der Waals surface area contributed by atoms with Crippen LogP contribution in [-0.2, 0) is 6.54 Å². The van der Waals surface area contributed by atoms with Crippen molar-refractivity contribution in [3.05, 3.63) is 77.9 Å². The van der Waals surface area contributed by atoms with E-state index in [4.69, 9.17) is 0 Å². The number of aromatic nitrogens is 2. The SMILES string of the molecule is CCN(c1ccc(C(=O)Nc2cccc(Cn3ccnc3C(C)C)c2)cc1)C(C)C. The number of benzene rings is 2. The number of rotatable bonds is 8. The molecule has 0 fully saturated rings. The largest absolute Gasteiger partial charge is 0.369 e. The molecule has 3 aromatic rings. The molecule has 0 aliphatic carbocycles. The van der Waals surface area contributed by atoms with Crippen LogP contribution in [-0.4, -0.2) is 28.0 Å². The Morgan fingerprint density at radius 2 is 1.83 bits per heavy atom. The van der Waals surface area contributed by atoms with Gasteiger partial charge in [0, 0.05) is 54.4 Å². The van der Waals surface area contributed by atoms with Gasteiger partial charge in [0.1, 0.15) is 5.82 Å². The molecule has 30 heavy (non-hydrogen) atoms. The zero-order valence-electron chi connectivity index (χ0n) is 18.6. The van der Waals surface area contributed by atoms with Gasteiger partial charge in [-0.15, -0.1) is 0 Å². The molecule has 1 amide bonds. The van der Waals surface area contributed by atoms with Crippen LogP contribution in [0.25, 0.3) is 0 Å². The van der Waals surface area contributed by atoms with E-state index in [0.717, 1.165) is 35.9 Å². The molecule has 0 aliphatic rings. The van der Waals surface area contributed by atoms with Gasteiger partial charge >= 0.3 is 0 Å². The van der Waals surface area contributed by atoms with E-state index in [1.165, 1.54) is 0 Å². The first kappa shape index (κ1) is 21.6.